The number of hydrogen-bond acceptors (Lipinski definition) is 2. The maximum absolute atomic E-state index is 8.89. The molecule has 0 bridgehead atoms. The molecule has 2 nitrogen and oxygen atoms in total. The van der Waals surface area contributed by atoms with Crippen LogP contribution in [0.1, 0.15) is 6.92 Å². The average molecular weight is 215 g/mol. The number of carbonyl (C=O) groups is 1. The molecular formula is C2H3BaFO2. The second-order valence-electron chi connectivity index (χ2n) is 0.492. The van der Waals surface area contributed by atoms with E-state index in [2.05, 4.69) is 0 Å². The van der Waals surface area contributed by atoms with E-state index in [4.69, 9.17) is 9.90 Å². The summed E-state index contributed by atoms with van der Waals surface area (Å²) in [7, 11) is 0. The number of hydrogen-bond donors (Lipinski definition) is 0. The van der Waals surface area contributed by atoms with Gasteiger partial charge in [0.25, 0.3) is 0 Å². The van der Waals surface area contributed by atoms with Crippen LogP contribution in [-0.4, -0.2) is 54.9 Å². The Kier molecular flexibility index (Phi) is 24.6. The van der Waals surface area contributed by atoms with Gasteiger partial charge in [0.15, 0.2) is 0 Å². The minimum absolute atomic E-state index is 0. The third-order valence-electron chi connectivity index (χ3n) is 0. The van der Waals surface area contributed by atoms with Crippen molar-refractivity contribution >= 4 is 54.9 Å². The zero-order valence-electron chi connectivity index (χ0n) is 3.40. The molecule has 4 heteroatoms. The van der Waals surface area contributed by atoms with Crippen molar-refractivity contribution in [3.05, 3.63) is 0 Å². The number of carbonyl (C=O) groups excluding carboxylic acids is 1. The quantitative estimate of drug-likeness (QED) is 0.382. The summed E-state index contributed by atoms with van der Waals surface area (Å²) in [5.41, 5.74) is 0. The Labute approximate surface area is 75.4 Å². The van der Waals surface area contributed by atoms with E-state index in [1.165, 1.54) is 0 Å². The van der Waals surface area contributed by atoms with E-state index in [9.17, 15) is 0 Å². The Morgan fingerprint density at radius 2 is 1.67 bits per heavy atom. The first-order valence-electron chi connectivity index (χ1n) is 0.908. The largest absolute Gasteiger partial charge is 2.00 e. The van der Waals surface area contributed by atoms with Crippen LogP contribution in [0.15, 0.2) is 0 Å². The summed E-state index contributed by atoms with van der Waals surface area (Å²) in [4.78, 5) is 8.89. The Bertz CT molecular complexity index is 34.5. The molecular weight excluding hydrogens is 212 g/mol. The van der Waals surface area contributed by atoms with Gasteiger partial charge in [-0.15, -0.1) is 0 Å². The molecule has 0 aliphatic rings. The van der Waals surface area contributed by atoms with Crippen LogP contribution < -0.4 is 9.81 Å². The fraction of sp³-hybridized carbons (Fsp3) is 0.500. The Morgan fingerprint density at radius 3 is 1.67 bits per heavy atom. The van der Waals surface area contributed by atoms with Crippen LogP contribution >= 0.6 is 0 Å². The van der Waals surface area contributed by atoms with Gasteiger partial charge in [-0.3, -0.25) is 0 Å². The summed E-state index contributed by atoms with van der Waals surface area (Å²) >= 11 is 0. The van der Waals surface area contributed by atoms with Gasteiger partial charge in [0.1, 0.15) is 0 Å². The second-order valence-corrected chi connectivity index (χ2v) is 0.492. The van der Waals surface area contributed by atoms with Gasteiger partial charge in [0, 0.05) is 5.97 Å². The number of rotatable bonds is 0. The maximum Gasteiger partial charge on any atom is 2.00 e. The van der Waals surface area contributed by atoms with E-state index in [1.54, 1.807) is 0 Å². The number of carboxylic acids is 1. The van der Waals surface area contributed by atoms with Crippen LogP contribution in [0.3, 0.4) is 0 Å². The minimum Gasteiger partial charge on any atom is -1.00 e. The molecule has 32 valence electrons. The van der Waals surface area contributed by atoms with Crippen molar-refractivity contribution in [2.24, 2.45) is 0 Å². The van der Waals surface area contributed by atoms with Gasteiger partial charge in [-0.1, -0.05) is 0 Å². The molecule has 0 heterocycles. The van der Waals surface area contributed by atoms with Crippen LogP contribution in [0.2, 0.25) is 0 Å². The van der Waals surface area contributed by atoms with Gasteiger partial charge < -0.3 is 14.6 Å². The van der Waals surface area contributed by atoms with Crippen LogP contribution in [0, 0.1) is 0 Å². The molecule has 6 heavy (non-hydrogen) atoms. The van der Waals surface area contributed by atoms with Crippen molar-refractivity contribution in [3.63, 3.8) is 0 Å². The van der Waals surface area contributed by atoms with Crippen molar-refractivity contribution in [3.8, 4) is 0 Å². The summed E-state index contributed by atoms with van der Waals surface area (Å²) < 4.78 is 0. The zero-order chi connectivity index (χ0) is 3.58. The van der Waals surface area contributed by atoms with Gasteiger partial charge in [-0.25, -0.2) is 0 Å². The van der Waals surface area contributed by atoms with Crippen LogP contribution in [0.4, 0.5) is 0 Å². The fourth-order valence-electron chi connectivity index (χ4n) is 0. The van der Waals surface area contributed by atoms with Crippen molar-refractivity contribution in [2.75, 3.05) is 0 Å². The predicted octanol–water partition coefficient (Wildman–Crippen LogP) is -4.62. The third kappa shape index (κ3) is 83.1. The van der Waals surface area contributed by atoms with Gasteiger partial charge in [0.2, 0.25) is 0 Å². The van der Waals surface area contributed by atoms with E-state index < -0.39 is 5.97 Å². The maximum atomic E-state index is 8.89. The second kappa shape index (κ2) is 9.36. The molecule has 0 aromatic rings. The van der Waals surface area contributed by atoms with E-state index in [0.29, 0.717) is 0 Å². The topological polar surface area (TPSA) is 40.1 Å². The molecule has 0 rings (SSSR count). The smallest absolute Gasteiger partial charge is 1.00 e. The number of carboxylic acid groups (broad SMARTS) is 1. The number of halogens is 1. The van der Waals surface area contributed by atoms with Crippen molar-refractivity contribution < 1.29 is 14.6 Å². The summed E-state index contributed by atoms with van der Waals surface area (Å²) in [5.74, 6) is -1.08. The molecule has 0 aromatic heterocycles. The molecule has 0 unspecified atom stereocenters. The summed E-state index contributed by atoms with van der Waals surface area (Å²) in [6.45, 7) is 0.972. The first-order valence-corrected chi connectivity index (χ1v) is 0.908. The Hall–Kier alpha value is 0.971. The van der Waals surface area contributed by atoms with Crippen LogP contribution in [0.25, 0.3) is 0 Å². The summed E-state index contributed by atoms with van der Waals surface area (Å²) in [6.07, 6.45) is 0. The Balaban J connectivity index is -0.0000000450. The molecule has 0 spiro atoms. The van der Waals surface area contributed by atoms with Crippen molar-refractivity contribution in [1.82, 2.24) is 0 Å². The standard InChI is InChI=1S/C2H4O2.Ba.FH/c1-2(3)4;;/h1H3,(H,3,4);;1H/q;+2;/p-2. The molecule has 0 fully saturated rings. The molecule has 0 aliphatic carbocycles. The summed E-state index contributed by atoms with van der Waals surface area (Å²) in [5, 5.41) is 8.89. The zero-order valence-corrected chi connectivity index (χ0v) is 7.84. The molecule has 0 atom stereocenters. The van der Waals surface area contributed by atoms with E-state index >= 15 is 0 Å². The predicted molar refractivity (Wildman–Crippen MR) is 16.4 cm³/mol. The fourth-order valence-corrected chi connectivity index (χ4v) is 0. The minimum atomic E-state index is -1.08. The number of aliphatic carboxylic acids is 1. The molecule has 0 saturated heterocycles. The SMILES string of the molecule is CC(=O)[O-].[Ba+2].[F-]. The molecule has 0 amide bonds. The van der Waals surface area contributed by atoms with E-state index in [0.717, 1.165) is 6.92 Å². The van der Waals surface area contributed by atoms with Gasteiger partial charge in [-0.05, 0) is 6.92 Å². The van der Waals surface area contributed by atoms with Crippen LogP contribution in [0.5, 0.6) is 0 Å². The van der Waals surface area contributed by atoms with Crippen molar-refractivity contribution in [1.29, 1.82) is 0 Å². The van der Waals surface area contributed by atoms with Crippen LogP contribution in [-0.2, 0) is 4.79 Å². The monoisotopic (exact) mass is 216 g/mol. The summed E-state index contributed by atoms with van der Waals surface area (Å²) in [6, 6.07) is 0. The molecule has 0 N–H and O–H groups in total. The van der Waals surface area contributed by atoms with Gasteiger partial charge in [-0.2, -0.15) is 0 Å². The van der Waals surface area contributed by atoms with Crippen molar-refractivity contribution in [2.45, 2.75) is 6.92 Å². The first kappa shape index (κ1) is 15.8. The molecule has 0 aromatic carbocycles. The average Bonchev–Trinajstić information content (AvgIpc) is 0.811. The molecule has 0 saturated carbocycles. The molecule has 0 aliphatic heterocycles. The molecule has 0 radical (unpaired) electrons. The van der Waals surface area contributed by atoms with Gasteiger partial charge in [0.05, 0.1) is 0 Å². The first-order chi connectivity index (χ1) is 1.73. The third-order valence-corrected chi connectivity index (χ3v) is 0. The van der Waals surface area contributed by atoms with E-state index in [1.807, 2.05) is 0 Å². The van der Waals surface area contributed by atoms with E-state index in [-0.39, 0.29) is 53.6 Å². The normalized spacial score (nSPS) is 4.17. The van der Waals surface area contributed by atoms with Gasteiger partial charge >= 0.3 is 48.9 Å². The Morgan fingerprint density at radius 1 is 1.67 bits per heavy atom.